The number of nitrogens with two attached hydrogens (primary N) is 1. The summed E-state index contributed by atoms with van der Waals surface area (Å²) >= 11 is 0. The monoisotopic (exact) mass is 461 g/mol. The second kappa shape index (κ2) is 9.84. The van der Waals surface area contributed by atoms with Crippen molar-refractivity contribution in [3.63, 3.8) is 0 Å². The number of carboxylic acids is 1. The van der Waals surface area contributed by atoms with Crippen molar-refractivity contribution in [2.24, 2.45) is 12.8 Å². The minimum Gasteiger partial charge on any atom is -0.478 e. The predicted molar refractivity (Wildman–Crippen MR) is 129 cm³/mol. The maximum Gasteiger partial charge on any atom is 0.335 e. The first-order valence-corrected chi connectivity index (χ1v) is 11.1. The number of anilines is 1. The molecule has 1 amide bonds. The maximum atomic E-state index is 13.1. The molecule has 10 nitrogen and oxygen atoms in total. The summed E-state index contributed by atoms with van der Waals surface area (Å²) in [6.45, 7) is 2.69. The lowest BCUT2D eigenvalue weighted by Gasteiger charge is -2.19. The molecule has 4 N–H and O–H groups in total. The van der Waals surface area contributed by atoms with E-state index >= 15 is 0 Å². The van der Waals surface area contributed by atoms with Gasteiger partial charge in [-0.2, -0.15) is 5.10 Å². The number of nitrogens with one attached hydrogen (secondary N) is 1. The number of carbonyl (C=O) groups is 2. The Kier molecular flexibility index (Phi) is 6.69. The van der Waals surface area contributed by atoms with Crippen molar-refractivity contribution >= 4 is 28.9 Å². The van der Waals surface area contributed by atoms with Crippen molar-refractivity contribution in [3.05, 3.63) is 59.9 Å². The fourth-order valence-electron chi connectivity index (χ4n) is 3.99. The molecule has 0 saturated heterocycles. The zero-order valence-corrected chi connectivity index (χ0v) is 19.1. The van der Waals surface area contributed by atoms with E-state index in [1.165, 1.54) is 12.1 Å². The van der Waals surface area contributed by atoms with Gasteiger partial charge in [-0.05, 0) is 56.6 Å². The normalized spacial score (nSPS) is 12.1. The van der Waals surface area contributed by atoms with Gasteiger partial charge >= 0.3 is 5.97 Å². The molecule has 2 aromatic carbocycles. The fraction of sp³-hybridized carbons (Fsp3) is 0.292. The Morgan fingerprint density at radius 2 is 1.91 bits per heavy atom. The van der Waals surface area contributed by atoms with E-state index in [4.69, 9.17) is 10.7 Å². The van der Waals surface area contributed by atoms with Crippen LogP contribution in [0.3, 0.4) is 0 Å². The Labute approximate surface area is 196 Å². The largest absolute Gasteiger partial charge is 0.478 e. The summed E-state index contributed by atoms with van der Waals surface area (Å²) in [6, 6.07) is 11.6. The molecule has 0 aliphatic carbocycles. The first-order valence-electron chi connectivity index (χ1n) is 11.1. The molecule has 0 fully saturated rings. The number of carboxylic acid groups (broad SMARTS) is 1. The highest BCUT2D eigenvalue weighted by Crippen LogP contribution is 2.33. The van der Waals surface area contributed by atoms with Gasteiger partial charge in [0.15, 0.2) is 5.82 Å². The number of unbranched alkanes of at least 4 members (excludes halogenated alkanes) is 1. The fourth-order valence-corrected chi connectivity index (χ4v) is 3.99. The number of aromatic carboxylic acids is 1. The lowest BCUT2D eigenvalue weighted by atomic mass is 10.1. The summed E-state index contributed by atoms with van der Waals surface area (Å²) in [5, 5.41) is 16.6. The van der Waals surface area contributed by atoms with Gasteiger partial charge < -0.3 is 15.4 Å². The van der Waals surface area contributed by atoms with Gasteiger partial charge in [0.25, 0.3) is 5.91 Å². The van der Waals surface area contributed by atoms with E-state index in [1.807, 2.05) is 22.8 Å². The third-order valence-electron chi connectivity index (χ3n) is 5.66. The Balaban J connectivity index is 1.79. The third kappa shape index (κ3) is 4.67. The van der Waals surface area contributed by atoms with Gasteiger partial charge in [-0.1, -0.05) is 18.6 Å². The van der Waals surface area contributed by atoms with Crippen LogP contribution in [-0.4, -0.2) is 47.8 Å². The topological polar surface area (TPSA) is 141 Å². The Hall–Kier alpha value is -4.05. The standard InChI is InChI=1S/C24H27N7O3/c1-15(7-3-4-12-25)31-20-18(21-26-14-30(2)29-21)10-6-11-19(20)27-24(31)28-22(32)16-8-5-9-17(13-16)23(33)34/h5-6,8-11,13-15H,3-4,7,12,25H2,1-2H3,(H,33,34)(H,27,28,32). The predicted octanol–water partition coefficient (Wildman–Crippen LogP) is 3.47. The third-order valence-corrected chi connectivity index (χ3v) is 5.66. The minimum absolute atomic E-state index is 0.00191. The highest BCUT2D eigenvalue weighted by molar-refractivity contribution is 6.06. The molecule has 176 valence electrons. The van der Waals surface area contributed by atoms with Gasteiger partial charge in [-0.25, -0.2) is 14.8 Å². The number of amides is 1. The molecule has 34 heavy (non-hydrogen) atoms. The average Bonchev–Trinajstić information content (AvgIpc) is 3.42. The lowest BCUT2D eigenvalue weighted by Crippen LogP contribution is -2.18. The van der Waals surface area contributed by atoms with E-state index in [0.717, 1.165) is 30.3 Å². The summed E-state index contributed by atoms with van der Waals surface area (Å²) in [7, 11) is 1.81. The van der Waals surface area contributed by atoms with Crippen LogP contribution in [0, 0.1) is 0 Å². The van der Waals surface area contributed by atoms with E-state index < -0.39 is 11.9 Å². The van der Waals surface area contributed by atoms with Crippen molar-refractivity contribution in [1.29, 1.82) is 0 Å². The van der Waals surface area contributed by atoms with Crippen molar-refractivity contribution < 1.29 is 14.7 Å². The van der Waals surface area contributed by atoms with Gasteiger partial charge in [0.05, 0.1) is 16.6 Å². The number of imidazole rings is 1. The number of hydrogen-bond acceptors (Lipinski definition) is 6. The summed E-state index contributed by atoms with van der Waals surface area (Å²) < 4.78 is 3.63. The lowest BCUT2D eigenvalue weighted by molar-refractivity contribution is 0.0697. The quantitative estimate of drug-likeness (QED) is 0.324. The van der Waals surface area contributed by atoms with Gasteiger partial charge in [0.1, 0.15) is 6.33 Å². The molecule has 4 aromatic rings. The second-order valence-electron chi connectivity index (χ2n) is 8.19. The molecule has 1 atom stereocenters. The molecular formula is C24H27N7O3. The zero-order chi connectivity index (χ0) is 24.2. The molecule has 4 rings (SSSR count). The highest BCUT2D eigenvalue weighted by atomic mass is 16.4. The number of aryl methyl sites for hydroxylation is 1. The maximum absolute atomic E-state index is 13.1. The van der Waals surface area contributed by atoms with Crippen LogP contribution in [-0.2, 0) is 7.05 Å². The molecule has 10 heteroatoms. The second-order valence-corrected chi connectivity index (χ2v) is 8.19. The minimum atomic E-state index is -1.09. The van der Waals surface area contributed by atoms with E-state index in [-0.39, 0.29) is 17.2 Å². The van der Waals surface area contributed by atoms with Crippen molar-refractivity contribution in [1.82, 2.24) is 24.3 Å². The van der Waals surface area contributed by atoms with Crippen molar-refractivity contribution in [2.45, 2.75) is 32.2 Å². The molecule has 0 spiro atoms. The van der Waals surface area contributed by atoms with Crippen molar-refractivity contribution in [3.8, 4) is 11.4 Å². The first kappa shape index (κ1) is 23.1. The molecule has 0 bridgehead atoms. The van der Waals surface area contributed by atoms with Crippen LogP contribution < -0.4 is 11.1 Å². The molecule has 1 unspecified atom stereocenters. The number of nitrogens with zero attached hydrogens (tertiary/aromatic N) is 5. The number of hydrogen-bond donors (Lipinski definition) is 3. The van der Waals surface area contributed by atoms with E-state index in [0.29, 0.717) is 23.8 Å². The van der Waals surface area contributed by atoms with Gasteiger partial charge in [-0.3, -0.25) is 14.8 Å². The Morgan fingerprint density at radius 3 is 2.62 bits per heavy atom. The number of aromatic nitrogens is 5. The Morgan fingerprint density at radius 1 is 1.15 bits per heavy atom. The molecule has 0 aliphatic rings. The number of fused-ring (bicyclic) bond motifs is 1. The summed E-state index contributed by atoms with van der Waals surface area (Å²) in [6.07, 6.45) is 4.30. The van der Waals surface area contributed by atoms with Crippen LogP contribution in [0.5, 0.6) is 0 Å². The molecular weight excluding hydrogens is 434 g/mol. The van der Waals surface area contributed by atoms with Crippen molar-refractivity contribution in [2.75, 3.05) is 11.9 Å². The van der Waals surface area contributed by atoms with Crippen LogP contribution in [0.1, 0.15) is 52.9 Å². The van der Waals surface area contributed by atoms with Crippen LogP contribution in [0.15, 0.2) is 48.8 Å². The molecule has 0 aliphatic heterocycles. The molecule has 2 heterocycles. The van der Waals surface area contributed by atoms with E-state index in [9.17, 15) is 14.7 Å². The van der Waals surface area contributed by atoms with Crippen LogP contribution in [0.25, 0.3) is 22.4 Å². The highest BCUT2D eigenvalue weighted by Gasteiger charge is 2.22. The zero-order valence-electron chi connectivity index (χ0n) is 19.1. The number of carbonyl (C=O) groups excluding carboxylic acids is 1. The van der Waals surface area contributed by atoms with Crippen LogP contribution in [0.2, 0.25) is 0 Å². The van der Waals surface area contributed by atoms with Gasteiger partial charge in [0.2, 0.25) is 5.95 Å². The molecule has 2 aromatic heterocycles. The average molecular weight is 462 g/mol. The molecule has 0 saturated carbocycles. The SMILES string of the molecule is CC(CCCCN)n1c(NC(=O)c2cccc(C(=O)O)c2)nc2cccc(-c3ncn(C)n3)c21. The number of rotatable bonds is 9. The van der Waals surface area contributed by atoms with E-state index in [1.54, 1.807) is 30.2 Å². The summed E-state index contributed by atoms with van der Waals surface area (Å²) in [5.74, 6) is -0.589. The van der Waals surface area contributed by atoms with Gasteiger partial charge in [-0.15, -0.1) is 0 Å². The Bertz CT molecular complexity index is 1340. The van der Waals surface area contributed by atoms with E-state index in [2.05, 4.69) is 22.3 Å². The van der Waals surface area contributed by atoms with Crippen LogP contribution in [0.4, 0.5) is 5.95 Å². The summed E-state index contributed by atoms with van der Waals surface area (Å²) in [4.78, 5) is 33.5. The van der Waals surface area contributed by atoms with Gasteiger partial charge in [0, 0.05) is 24.2 Å². The number of benzene rings is 2. The van der Waals surface area contributed by atoms with Crippen LogP contribution >= 0.6 is 0 Å². The number of para-hydroxylation sites is 1. The molecule has 0 radical (unpaired) electrons. The summed E-state index contributed by atoms with van der Waals surface area (Å²) in [5.41, 5.74) is 8.29. The smallest absolute Gasteiger partial charge is 0.335 e. The first-order chi connectivity index (χ1) is 16.4.